The summed E-state index contributed by atoms with van der Waals surface area (Å²) in [6.45, 7) is 0.554. The number of carbonyl (C=O) groups excluding carboxylic acids is 1. The molecular formula is C10H13BrN2O3S. The number of carbonyl (C=O) groups is 1. The Kier molecular flexibility index (Phi) is 5.10. The standard InChI is InChI=1S/C10H13BrN2O3S/c11-8-1-3-9(4-2-8)17(15,16)7-10(14)13-6-5-12/h1-4H,5-7,12H2,(H,13,14). The lowest BCUT2D eigenvalue weighted by Crippen LogP contribution is -2.33. The molecule has 0 atom stereocenters. The van der Waals surface area contributed by atoms with E-state index in [4.69, 9.17) is 5.73 Å². The molecule has 5 nitrogen and oxygen atoms in total. The molecule has 0 heterocycles. The zero-order chi connectivity index (χ0) is 12.9. The van der Waals surface area contributed by atoms with Crippen LogP contribution in [0.4, 0.5) is 0 Å². The third-order valence-corrected chi connectivity index (χ3v) is 4.12. The summed E-state index contributed by atoms with van der Waals surface area (Å²) in [6, 6.07) is 6.14. The molecule has 1 aromatic rings. The molecule has 1 amide bonds. The average molecular weight is 321 g/mol. The molecule has 0 aromatic heterocycles. The number of nitrogens with one attached hydrogen (secondary N) is 1. The van der Waals surface area contributed by atoms with Gasteiger partial charge in [0.25, 0.3) is 0 Å². The van der Waals surface area contributed by atoms with E-state index >= 15 is 0 Å². The summed E-state index contributed by atoms with van der Waals surface area (Å²) in [7, 11) is -3.58. The van der Waals surface area contributed by atoms with E-state index in [0.29, 0.717) is 0 Å². The van der Waals surface area contributed by atoms with Gasteiger partial charge in [-0.15, -0.1) is 0 Å². The minimum atomic E-state index is -3.58. The number of hydrogen-bond acceptors (Lipinski definition) is 4. The maximum absolute atomic E-state index is 11.8. The van der Waals surface area contributed by atoms with E-state index in [1.807, 2.05) is 0 Å². The molecule has 0 saturated carbocycles. The van der Waals surface area contributed by atoms with Gasteiger partial charge in [0, 0.05) is 17.6 Å². The lowest BCUT2D eigenvalue weighted by atomic mass is 10.4. The highest BCUT2D eigenvalue weighted by molar-refractivity contribution is 9.10. The zero-order valence-electron chi connectivity index (χ0n) is 9.02. The highest BCUT2D eigenvalue weighted by atomic mass is 79.9. The Hall–Kier alpha value is -0.920. The molecule has 0 aliphatic carbocycles. The van der Waals surface area contributed by atoms with Gasteiger partial charge in [-0.3, -0.25) is 4.79 Å². The molecule has 1 rings (SSSR count). The van der Waals surface area contributed by atoms with Crippen LogP contribution in [0.15, 0.2) is 33.6 Å². The number of hydrogen-bond donors (Lipinski definition) is 2. The SMILES string of the molecule is NCCNC(=O)CS(=O)(=O)c1ccc(Br)cc1. The van der Waals surface area contributed by atoms with E-state index in [-0.39, 0.29) is 18.0 Å². The van der Waals surface area contributed by atoms with Crippen LogP contribution in [-0.4, -0.2) is 33.2 Å². The Morgan fingerprint density at radius 2 is 1.88 bits per heavy atom. The van der Waals surface area contributed by atoms with Crippen LogP contribution in [0.5, 0.6) is 0 Å². The second kappa shape index (κ2) is 6.13. The Morgan fingerprint density at radius 1 is 1.29 bits per heavy atom. The van der Waals surface area contributed by atoms with Crippen molar-refractivity contribution in [3.05, 3.63) is 28.7 Å². The van der Waals surface area contributed by atoms with Crippen LogP contribution in [0.25, 0.3) is 0 Å². The molecule has 94 valence electrons. The van der Waals surface area contributed by atoms with Crippen molar-refractivity contribution in [3.8, 4) is 0 Å². The molecule has 3 N–H and O–H groups in total. The first-order valence-corrected chi connectivity index (χ1v) is 7.35. The molecular weight excluding hydrogens is 308 g/mol. The summed E-state index contributed by atoms with van der Waals surface area (Å²) < 4.78 is 24.4. The fraction of sp³-hybridized carbons (Fsp3) is 0.300. The lowest BCUT2D eigenvalue weighted by molar-refractivity contribution is -0.118. The minimum absolute atomic E-state index is 0.128. The van der Waals surface area contributed by atoms with E-state index in [9.17, 15) is 13.2 Å². The maximum Gasteiger partial charge on any atom is 0.235 e. The summed E-state index contributed by atoms with van der Waals surface area (Å²) in [4.78, 5) is 11.4. The van der Waals surface area contributed by atoms with Gasteiger partial charge in [-0.25, -0.2) is 8.42 Å². The van der Waals surface area contributed by atoms with Crippen molar-refractivity contribution in [1.29, 1.82) is 0 Å². The predicted octanol–water partition coefficient (Wildman–Crippen LogP) is 0.298. The first-order valence-electron chi connectivity index (χ1n) is 4.91. The van der Waals surface area contributed by atoms with Gasteiger partial charge in [0.1, 0.15) is 5.75 Å². The summed E-state index contributed by atoms with van der Waals surface area (Å²) in [5.74, 6) is -1.10. The minimum Gasteiger partial charge on any atom is -0.354 e. The monoisotopic (exact) mass is 320 g/mol. The lowest BCUT2D eigenvalue weighted by Gasteiger charge is -2.05. The molecule has 1 aromatic carbocycles. The normalized spacial score (nSPS) is 11.2. The van der Waals surface area contributed by atoms with Gasteiger partial charge in [-0.1, -0.05) is 15.9 Å². The smallest absolute Gasteiger partial charge is 0.235 e. The van der Waals surface area contributed by atoms with E-state index in [1.54, 1.807) is 12.1 Å². The third kappa shape index (κ3) is 4.45. The molecule has 0 fully saturated rings. The summed E-state index contributed by atoms with van der Waals surface area (Å²) >= 11 is 3.21. The molecule has 0 spiro atoms. The molecule has 0 aliphatic heterocycles. The van der Waals surface area contributed by atoms with Crippen molar-refractivity contribution in [2.45, 2.75) is 4.90 Å². The van der Waals surface area contributed by atoms with Crippen molar-refractivity contribution in [1.82, 2.24) is 5.32 Å². The zero-order valence-corrected chi connectivity index (χ0v) is 11.4. The van der Waals surface area contributed by atoms with Gasteiger partial charge < -0.3 is 11.1 Å². The number of amides is 1. The number of rotatable bonds is 5. The van der Waals surface area contributed by atoms with Crippen LogP contribution in [0.1, 0.15) is 0 Å². The first-order chi connectivity index (χ1) is 7.95. The van der Waals surface area contributed by atoms with Crippen LogP contribution in [0, 0.1) is 0 Å². The van der Waals surface area contributed by atoms with E-state index in [2.05, 4.69) is 21.2 Å². The molecule has 0 saturated heterocycles. The fourth-order valence-electron chi connectivity index (χ4n) is 1.16. The molecule has 7 heteroatoms. The highest BCUT2D eigenvalue weighted by Gasteiger charge is 2.18. The van der Waals surface area contributed by atoms with Gasteiger partial charge in [0.2, 0.25) is 5.91 Å². The van der Waals surface area contributed by atoms with Crippen LogP contribution in [-0.2, 0) is 14.6 Å². The number of halogens is 1. The average Bonchev–Trinajstić information content (AvgIpc) is 2.26. The van der Waals surface area contributed by atoms with E-state index in [0.717, 1.165) is 4.47 Å². The second-order valence-corrected chi connectivity index (χ2v) is 6.26. The molecule has 17 heavy (non-hydrogen) atoms. The predicted molar refractivity (Wildman–Crippen MR) is 68.3 cm³/mol. The van der Waals surface area contributed by atoms with Crippen molar-refractivity contribution < 1.29 is 13.2 Å². The largest absolute Gasteiger partial charge is 0.354 e. The molecule has 0 bridgehead atoms. The summed E-state index contributed by atoms with van der Waals surface area (Å²) in [5, 5.41) is 2.42. The fourth-order valence-corrected chi connectivity index (χ4v) is 2.59. The Bertz CT molecular complexity index is 485. The Labute approximate surface area is 108 Å². The van der Waals surface area contributed by atoms with Crippen LogP contribution < -0.4 is 11.1 Å². The van der Waals surface area contributed by atoms with Crippen LogP contribution >= 0.6 is 15.9 Å². The van der Waals surface area contributed by atoms with E-state index < -0.39 is 21.5 Å². The van der Waals surface area contributed by atoms with Gasteiger partial charge in [-0.2, -0.15) is 0 Å². The highest BCUT2D eigenvalue weighted by Crippen LogP contribution is 2.15. The Morgan fingerprint density at radius 3 is 2.41 bits per heavy atom. The molecule has 0 radical (unpaired) electrons. The van der Waals surface area contributed by atoms with Crippen LogP contribution in [0.2, 0.25) is 0 Å². The Balaban J connectivity index is 2.75. The van der Waals surface area contributed by atoms with Crippen LogP contribution in [0.3, 0.4) is 0 Å². The second-order valence-electron chi connectivity index (χ2n) is 3.35. The van der Waals surface area contributed by atoms with Gasteiger partial charge in [-0.05, 0) is 24.3 Å². The molecule has 0 unspecified atom stereocenters. The number of benzene rings is 1. The summed E-state index contributed by atoms with van der Waals surface area (Å²) in [6.07, 6.45) is 0. The van der Waals surface area contributed by atoms with E-state index in [1.165, 1.54) is 12.1 Å². The van der Waals surface area contributed by atoms with Crippen molar-refractivity contribution >= 4 is 31.7 Å². The first kappa shape index (κ1) is 14.1. The molecule has 0 aliphatic rings. The number of nitrogens with two attached hydrogens (primary N) is 1. The quantitative estimate of drug-likeness (QED) is 0.816. The van der Waals surface area contributed by atoms with Crippen molar-refractivity contribution in [2.75, 3.05) is 18.8 Å². The van der Waals surface area contributed by atoms with Gasteiger partial charge in [0.05, 0.1) is 4.90 Å². The van der Waals surface area contributed by atoms with Gasteiger partial charge >= 0.3 is 0 Å². The van der Waals surface area contributed by atoms with Gasteiger partial charge in [0.15, 0.2) is 9.84 Å². The van der Waals surface area contributed by atoms with Crippen molar-refractivity contribution in [2.24, 2.45) is 5.73 Å². The summed E-state index contributed by atoms with van der Waals surface area (Å²) in [5.41, 5.74) is 5.20. The number of sulfone groups is 1. The maximum atomic E-state index is 11.8. The topological polar surface area (TPSA) is 89.3 Å². The van der Waals surface area contributed by atoms with Crippen molar-refractivity contribution in [3.63, 3.8) is 0 Å². The third-order valence-electron chi connectivity index (χ3n) is 1.96.